The van der Waals surface area contributed by atoms with Crippen molar-refractivity contribution in [3.63, 3.8) is 0 Å². The number of aryl methyl sites for hydroxylation is 1. The average molecular weight is 324 g/mol. The minimum absolute atomic E-state index is 0.304. The van der Waals surface area contributed by atoms with Gasteiger partial charge in [0.2, 0.25) is 0 Å². The second-order valence-corrected chi connectivity index (χ2v) is 6.32. The first kappa shape index (κ1) is 13.8. The lowest BCUT2D eigenvalue weighted by Gasteiger charge is -2.17. The van der Waals surface area contributed by atoms with Crippen molar-refractivity contribution in [2.75, 3.05) is 6.54 Å². The van der Waals surface area contributed by atoms with Crippen molar-refractivity contribution in [3.05, 3.63) is 56.2 Å². The van der Waals surface area contributed by atoms with E-state index in [0.29, 0.717) is 6.04 Å². The number of nitrogens with one attached hydrogen (secondary N) is 1. The predicted molar refractivity (Wildman–Crippen MR) is 83.4 cm³/mol. The molecule has 96 valence electrons. The maximum Gasteiger partial charge on any atom is 0.0671 e. The maximum atomic E-state index is 3.57. The Hall–Kier alpha value is -0.640. The number of thiophene rings is 1. The molecule has 0 saturated heterocycles. The molecule has 0 aliphatic carbocycles. The van der Waals surface area contributed by atoms with E-state index in [-0.39, 0.29) is 0 Å². The van der Waals surface area contributed by atoms with Gasteiger partial charge in [-0.05, 0) is 42.8 Å². The molecule has 0 saturated carbocycles. The fraction of sp³-hybridized carbons (Fsp3) is 0.333. The van der Waals surface area contributed by atoms with Crippen molar-refractivity contribution < 1.29 is 0 Å². The van der Waals surface area contributed by atoms with Crippen LogP contribution in [0.15, 0.2) is 40.9 Å². The topological polar surface area (TPSA) is 12.0 Å². The summed E-state index contributed by atoms with van der Waals surface area (Å²) in [5, 5.41) is 3.57. The van der Waals surface area contributed by atoms with Crippen LogP contribution in [0.2, 0.25) is 0 Å². The summed E-state index contributed by atoms with van der Waals surface area (Å²) in [5.41, 5.74) is 1.32. The van der Waals surface area contributed by atoms with E-state index in [4.69, 9.17) is 0 Å². The van der Waals surface area contributed by atoms with E-state index >= 15 is 0 Å². The van der Waals surface area contributed by atoms with Gasteiger partial charge in [0, 0.05) is 14.2 Å². The molecule has 1 heterocycles. The van der Waals surface area contributed by atoms with Gasteiger partial charge in [0.15, 0.2) is 0 Å². The van der Waals surface area contributed by atoms with Crippen LogP contribution in [0.4, 0.5) is 0 Å². The molecular weight excluding hydrogens is 306 g/mol. The van der Waals surface area contributed by atoms with Crippen LogP contribution in [0.25, 0.3) is 0 Å². The van der Waals surface area contributed by atoms with E-state index in [1.165, 1.54) is 15.3 Å². The number of hydrogen-bond acceptors (Lipinski definition) is 2. The van der Waals surface area contributed by atoms with Gasteiger partial charge in [-0.25, -0.2) is 0 Å². The van der Waals surface area contributed by atoms with Crippen LogP contribution < -0.4 is 5.32 Å². The van der Waals surface area contributed by atoms with Gasteiger partial charge >= 0.3 is 0 Å². The zero-order chi connectivity index (χ0) is 13.0. The summed E-state index contributed by atoms with van der Waals surface area (Å²) < 4.78 is 1.13. The normalized spacial score (nSPS) is 12.6. The lowest BCUT2D eigenvalue weighted by Crippen LogP contribution is -2.20. The van der Waals surface area contributed by atoms with Gasteiger partial charge in [0.05, 0.1) is 6.04 Å². The van der Waals surface area contributed by atoms with Gasteiger partial charge in [-0.1, -0.05) is 41.9 Å². The van der Waals surface area contributed by atoms with Crippen LogP contribution in [0, 0.1) is 0 Å². The first-order valence-corrected chi connectivity index (χ1v) is 7.93. The first-order chi connectivity index (χ1) is 8.74. The third-order valence-electron chi connectivity index (χ3n) is 2.91. The third-order valence-corrected chi connectivity index (χ3v) is 4.69. The molecule has 0 bridgehead atoms. The van der Waals surface area contributed by atoms with Crippen LogP contribution in [-0.2, 0) is 6.42 Å². The van der Waals surface area contributed by atoms with Crippen molar-refractivity contribution >= 4 is 27.3 Å². The standard InChI is InChI=1S/C15H18BrNS/c1-3-13-8-9-14(18-13)15(17-4-2)11-6-5-7-12(16)10-11/h5-10,15,17H,3-4H2,1-2H3. The Kier molecular flexibility index (Phi) is 4.98. The summed E-state index contributed by atoms with van der Waals surface area (Å²) in [5.74, 6) is 0. The molecule has 2 rings (SSSR count). The second kappa shape index (κ2) is 6.50. The molecule has 0 aliphatic rings. The molecule has 0 fully saturated rings. The highest BCUT2D eigenvalue weighted by Crippen LogP contribution is 2.30. The quantitative estimate of drug-likeness (QED) is 0.835. The van der Waals surface area contributed by atoms with Crippen molar-refractivity contribution in [2.24, 2.45) is 0 Å². The van der Waals surface area contributed by atoms with E-state index in [1.54, 1.807) is 0 Å². The lowest BCUT2D eigenvalue weighted by molar-refractivity contribution is 0.639. The van der Waals surface area contributed by atoms with Crippen molar-refractivity contribution in [3.8, 4) is 0 Å². The Morgan fingerprint density at radius 3 is 2.67 bits per heavy atom. The molecule has 3 heteroatoms. The Morgan fingerprint density at radius 1 is 1.22 bits per heavy atom. The highest BCUT2D eigenvalue weighted by atomic mass is 79.9. The molecule has 1 nitrogen and oxygen atoms in total. The van der Waals surface area contributed by atoms with Crippen LogP contribution >= 0.6 is 27.3 Å². The van der Waals surface area contributed by atoms with Crippen molar-refractivity contribution in [2.45, 2.75) is 26.3 Å². The molecule has 0 spiro atoms. The van der Waals surface area contributed by atoms with Gasteiger partial charge in [-0.2, -0.15) is 0 Å². The number of rotatable bonds is 5. The van der Waals surface area contributed by atoms with E-state index in [9.17, 15) is 0 Å². The second-order valence-electron chi connectivity index (χ2n) is 4.20. The van der Waals surface area contributed by atoms with Gasteiger partial charge in [0.1, 0.15) is 0 Å². The Balaban J connectivity index is 2.33. The number of benzene rings is 1. The Morgan fingerprint density at radius 2 is 2.06 bits per heavy atom. The van der Waals surface area contributed by atoms with Gasteiger partial charge < -0.3 is 5.32 Å². The van der Waals surface area contributed by atoms with Gasteiger partial charge in [-0.3, -0.25) is 0 Å². The number of halogens is 1. The Labute approximate surface area is 121 Å². The molecule has 1 N–H and O–H groups in total. The first-order valence-electron chi connectivity index (χ1n) is 6.32. The highest BCUT2D eigenvalue weighted by molar-refractivity contribution is 9.10. The van der Waals surface area contributed by atoms with E-state index < -0.39 is 0 Å². The molecule has 0 amide bonds. The van der Waals surface area contributed by atoms with Crippen LogP contribution in [-0.4, -0.2) is 6.54 Å². The summed E-state index contributed by atoms with van der Waals surface area (Å²) in [7, 11) is 0. The van der Waals surface area contributed by atoms with Crippen molar-refractivity contribution in [1.29, 1.82) is 0 Å². The van der Waals surface area contributed by atoms with Gasteiger partial charge in [-0.15, -0.1) is 11.3 Å². The summed E-state index contributed by atoms with van der Waals surface area (Å²) in [6.45, 7) is 5.33. The summed E-state index contributed by atoms with van der Waals surface area (Å²) in [6.07, 6.45) is 1.11. The molecule has 18 heavy (non-hydrogen) atoms. The minimum atomic E-state index is 0.304. The highest BCUT2D eigenvalue weighted by Gasteiger charge is 2.15. The molecule has 1 atom stereocenters. The van der Waals surface area contributed by atoms with Crippen LogP contribution in [0.1, 0.15) is 35.2 Å². The molecule has 1 unspecified atom stereocenters. The molecule has 1 aromatic heterocycles. The zero-order valence-corrected chi connectivity index (χ0v) is 13.1. The molecule has 2 aromatic rings. The predicted octanol–water partition coefficient (Wildman–Crippen LogP) is 4.77. The monoisotopic (exact) mass is 323 g/mol. The Bertz CT molecular complexity index is 507. The summed E-state index contributed by atoms with van der Waals surface area (Å²) >= 11 is 5.45. The smallest absolute Gasteiger partial charge is 0.0671 e. The lowest BCUT2D eigenvalue weighted by atomic mass is 10.1. The van der Waals surface area contributed by atoms with E-state index in [1.807, 2.05) is 11.3 Å². The SMILES string of the molecule is CCNC(c1cccc(Br)c1)c1ccc(CC)s1. The van der Waals surface area contributed by atoms with Crippen LogP contribution in [0.3, 0.4) is 0 Å². The summed E-state index contributed by atoms with van der Waals surface area (Å²) in [4.78, 5) is 2.84. The fourth-order valence-corrected chi connectivity index (χ4v) is 3.49. The minimum Gasteiger partial charge on any atom is -0.306 e. The van der Waals surface area contributed by atoms with Crippen LogP contribution in [0.5, 0.6) is 0 Å². The maximum absolute atomic E-state index is 3.57. The fourth-order valence-electron chi connectivity index (χ4n) is 2.01. The van der Waals surface area contributed by atoms with Gasteiger partial charge in [0.25, 0.3) is 0 Å². The summed E-state index contributed by atoms with van der Waals surface area (Å²) in [6, 6.07) is 13.3. The molecule has 0 radical (unpaired) electrons. The largest absolute Gasteiger partial charge is 0.306 e. The van der Waals surface area contributed by atoms with E-state index in [2.05, 4.69) is 71.5 Å². The molecule has 1 aromatic carbocycles. The third kappa shape index (κ3) is 3.22. The zero-order valence-electron chi connectivity index (χ0n) is 10.7. The van der Waals surface area contributed by atoms with Crippen molar-refractivity contribution in [1.82, 2.24) is 5.32 Å². The number of hydrogen-bond donors (Lipinski definition) is 1. The molecular formula is C15H18BrNS. The molecule has 0 aliphatic heterocycles. The van der Waals surface area contributed by atoms with E-state index in [0.717, 1.165) is 17.4 Å². The average Bonchev–Trinajstić information content (AvgIpc) is 2.84.